The van der Waals surface area contributed by atoms with Crippen LogP contribution in [0.1, 0.15) is 32.1 Å². The second-order valence-electron chi connectivity index (χ2n) is 5.53. The van der Waals surface area contributed by atoms with Crippen LogP contribution in [0.25, 0.3) is 0 Å². The number of hydrogen-bond acceptors (Lipinski definition) is 4. The third kappa shape index (κ3) is 3.18. The van der Waals surface area contributed by atoms with Crippen molar-refractivity contribution in [3.8, 4) is 0 Å². The molecule has 2 aliphatic rings. The molecule has 3 rings (SSSR count). The summed E-state index contributed by atoms with van der Waals surface area (Å²) in [5.41, 5.74) is 0. The molecule has 0 amide bonds. The van der Waals surface area contributed by atoms with Crippen LogP contribution < -0.4 is 4.90 Å². The lowest BCUT2D eigenvalue weighted by atomic mass is 9.94. The maximum absolute atomic E-state index is 5.77. The Kier molecular flexibility index (Phi) is 4.18. The predicted octanol–water partition coefficient (Wildman–Crippen LogP) is 2.58. The van der Waals surface area contributed by atoms with Gasteiger partial charge in [0.05, 0.1) is 0 Å². The second kappa shape index (κ2) is 6.06. The summed E-state index contributed by atoms with van der Waals surface area (Å²) in [6.07, 6.45) is 7.03. The lowest BCUT2D eigenvalue weighted by Gasteiger charge is -2.41. The molecule has 5 heteroatoms. The van der Waals surface area contributed by atoms with Crippen molar-refractivity contribution in [3.05, 3.63) is 17.3 Å². The lowest BCUT2D eigenvalue weighted by Crippen LogP contribution is -2.51. The van der Waals surface area contributed by atoms with E-state index in [1.54, 1.807) is 0 Å². The number of anilines is 1. The Morgan fingerprint density at radius 3 is 2.32 bits per heavy atom. The van der Waals surface area contributed by atoms with Crippen molar-refractivity contribution in [1.82, 2.24) is 15.1 Å². The first kappa shape index (κ1) is 13.1. The highest BCUT2D eigenvalue weighted by atomic mass is 35.5. The monoisotopic (exact) mass is 280 g/mol. The highest BCUT2D eigenvalue weighted by Gasteiger charge is 2.25. The summed E-state index contributed by atoms with van der Waals surface area (Å²) in [7, 11) is 0. The maximum atomic E-state index is 5.77. The van der Waals surface area contributed by atoms with E-state index in [2.05, 4.69) is 20.0 Å². The van der Waals surface area contributed by atoms with Crippen LogP contribution in [-0.4, -0.2) is 47.3 Å². The number of nitrogens with zero attached hydrogens (tertiary/aromatic N) is 4. The fourth-order valence-corrected chi connectivity index (χ4v) is 3.34. The van der Waals surface area contributed by atoms with E-state index in [4.69, 9.17) is 11.6 Å². The molecule has 1 aromatic rings. The minimum Gasteiger partial charge on any atom is -0.353 e. The van der Waals surface area contributed by atoms with Crippen LogP contribution in [0.4, 0.5) is 5.82 Å². The second-order valence-corrected chi connectivity index (χ2v) is 5.92. The van der Waals surface area contributed by atoms with Gasteiger partial charge in [-0.1, -0.05) is 30.9 Å². The molecule has 2 heterocycles. The van der Waals surface area contributed by atoms with E-state index in [0.29, 0.717) is 5.15 Å². The molecule has 0 aromatic carbocycles. The first-order chi connectivity index (χ1) is 9.33. The summed E-state index contributed by atoms with van der Waals surface area (Å²) in [5.74, 6) is 0.952. The zero-order chi connectivity index (χ0) is 13.1. The topological polar surface area (TPSA) is 32.3 Å². The summed E-state index contributed by atoms with van der Waals surface area (Å²) in [5, 5.41) is 8.55. The Hall–Kier alpha value is -0.870. The van der Waals surface area contributed by atoms with Gasteiger partial charge in [0.15, 0.2) is 11.0 Å². The zero-order valence-corrected chi connectivity index (χ0v) is 12.0. The van der Waals surface area contributed by atoms with Crippen molar-refractivity contribution in [1.29, 1.82) is 0 Å². The molecule has 1 aliphatic heterocycles. The largest absolute Gasteiger partial charge is 0.353 e. The molecule has 1 saturated heterocycles. The highest BCUT2D eigenvalue weighted by Crippen LogP contribution is 2.24. The molecule has 2 fully saturated rings. The van der Waals surface area contributed by atoms with Gasteiger partial charge in [0.1, 0.15) is 0 Å². The van der Waals surface area contributed by atoms with Gasteiger partial charge in [0.2, 0.25) is 0 Å². The van der Waals surface area contributed by atoms with Gasteiger partial charge < -0.3 is 4.90 Å². The molecule has 0 atom stereocenters. The van der Waals surface area contributed by atoms with E-state index in [9.17, 15) is 0 Å². The maximum Gasteiger partial charge on any atom is 0.151 e. The van der Waals surface area contributed by atoms with E-state index in [1.807, 2.05) is 12.1 Å². The van der Waals surface area contributed by atoms with Gasteiger partial charge in [-0.25, -0.2) is 0 Å². The van der Waals surface area contributed by atoms with Gasteiger partial charge >= 0.3 is 0 Å². The molecule has 0 spiro atoms. The van der Waals surface area contributed by atoms with Gasteiger partial charge in [0.25, 0.3) is 0 Å². The Morgan fingerprint density at radius 2 is 1.68 bits per heavy atom. The number of rotatable bonds is 2. The van der Waals surface area contributed by atoms with Gasteiger partial charge in [0, 0.05) is 32.2 Å². The van der Waals surface area contributed by atoms with Gasteiger partial charge in [-0.2, -0.15) is 0 Å². The standard InChI is InChI=1S/C14H21ClN4/c15-13-6-7-14(17-16-13)19-10-8-18(9-11-19)12-4-2-1-3-5-12/h6-7,12H,1-5,8-11H2. The normalized spacial score (nSPS) is 22.7. The predicted molar refractivity (Wildman–Crippen MR) is 77.7 cm³/mol. The van der Waals surface area contributed by atoms with Crippen LogP contribution in [0, 0.1) is 0 Å². The first-order valence-electron chi connectivity index (χ1n) is 7.31. The van der Waals surface area contributed by atoms with Crippen molar-refractivity contribution >= 4 is 17.4 Å². The smallest absolute Gasteiger partial charge is 0.151 e. The summed E-state index contributed by atoms with van der Waals surface area (Å²) in [4.78, 5) is 4.97. The summed E-state index contributed by atoms with van der Waals surface area (Å²) < 4.78 is 0. The van der Waals surface area contributed by atoms with Crippen LogP contribution in [0.15, 0.2) is 12.1 Å². The van der Waals surface area contributed by atoms with Crippen LogP contribution in [-0.2, 0) is 0 Å². The number of hydrogen-bond donors (Lipinski definition) is 0. The highest BCUT2D eigenvalue weighted by molar-refractivity contribution is 6.29. The van der Waals surface area contributed by atoms with E-state index in [-0.39, 0.29) is 0 Å². The molecule has 1 aromatic heterocycles. The molecular weight excluding hydrogens is 260 g/mol. The average Bonchev–Trinajstić information content (AvgIpc) is 2.49. The quantitative estimate of drug-likeness (QED) is 0.834. The Bertz CT molecular complexity index is 394. The van der Waals surface area contributed by atoms with Crippen LogP contribution >= 0.6 is 11.6 Å². The van der Waals surface area contributed by atoms with E-state index in [0.717, 1.165) is 38.0 Å². The molecule has 0 N–H and O–H groups in total. The van der Waals surface area contributed by atoms with Crippen LogP contribution in [0.3, 0.4) is 0 Å². The molecule has 4 nitrogen and oxygen atoms in total. The Balaban J connectivity index is 1.55. The van der Waals surface area contributed by atoms with Crippen molar-refractivity contribution in [2.24, 2.45) is 0 Å². The molecule has 104 valence electrons. The first-order valence-corrected chi connectivity index (χ1v) is 7.69. The van der Waals surface area contributed by atoms with Gasteiger partial charge in [-0.05, 0) is 25.0 Å². The Morgan fingerprint density at radius 1 is 0.947 bits per heavy atom. The Labute approximate surface area is 119 Å². The molecule has 0 unspecified atom stereocenters. The van der Waals surface area contributed by atoms with Gasteiger partial charge in [-0.15, -0.1) is 10.2 Å². The molecule has 19 heavy (non-hydrogen) atoms. The van der Waals surface area contributed by atoms with Crippen LogP contribution in [0.5, 0.6) is 0 Å². The number of halogens is 1. The fourth-order valence-electron chi connectivity index (χ4n) is 3.24. The molecule has 0 radical (unpaired) electrons. The fraction of sp³-hybridized carbons (Fsp3) is 0.714. The lowest BCUT2D eigenvalue weighted by molar-refractivity contribution is 0.147. The molecular formula is C14H21ClN4. The van der Waals surface area contributed by atoms with E-state index < -0.39 is 0 Å². The molecule has 0 bridgehead atoms. The number of aromatic nitrogens is 2. The summed E-state index contributed by atoms with van der Waals surface area (Å²) >= 11 is 5.77. The van der Waals surface area contributed by atoms with E-state index >= 15 is 0 Å². The van der Waals surface area contributed by atoms with Gasteiger partial charge in [-0.3, -0.25) is 4.90 Å². The molecule has 1 saturated carbocycles. The third-order valence-corrected chi connectivity index (χ3v) is 4.55. The van der Waals surface area contributed by atoms with Crippen molar-refractivity contribution < 1.29 is 0 Å². The van der Waals surface area contributed by atoms with Crippen molar-refractivity contribution in [2.45, 2.75) is 38.1 Å². The minimum atomic E-state index is 0.463. The summed E-state index contributed by atoms with van der Waals surface area (Å²) in [6, 6.07) is 4.61. The minimum absolute atomic E-state index is 0.463. The van der Waals surface area contributed by atoms with Crippen molar-refractivity contribution in [2.75, 3.05) is 31.1 Å². The third-order valence-electron chi connectivity index (χ3n) is 4.35. The SMILES string of the molecule is Clc1ccc(N2CCN(C3CCCCC3)CC2)nn1. The van der Waals surface area contributed by atoms with E-state index in [1.165, 1.54) is 32.1 Å². The summed E-state index contributed by atoms with van der Waals surface area (Å²) in [6.45, 7) is 4.39. The van der Waals surface area contributed by atoms with Crippen molar-refractivity contribution in [3.63, 3.8) is 0 Å². The number of piperazine rings is 1. The van der Waals surface area contributed by atoms with Crippen LogP contribution in [0.2, 0.25) is 5.15 Å². The molecule has 1 aliphatic carbocycles. The zero-order valence-electron chi connectivity index (χ0n) is 11.3. The average molecular weight is 281 g/mol.